The number of sulfonamides is 1. The Labute approximate surface area is 127 Å². The summed E-state index contributed by atoms with van der Waals surface area (Å²) in [6, 6.07) is 5.38. The molecule has 0 aliphatic heterocycles. The highest BCUT2D eigenvalue weighted by Gasteiger charge is 2.37. The van der Waals surface area contributed by atoms with Crippen LogP contribution >= 0.6 is 12.4 Å². The summed E-state index contributed by atoms with van der Waals surface area (Å²) in [4.78, 5) is 0.359. The highest BCUT2D eigenvalue weighted by molar-refractivity contribution is 7.89. The summed E-state index contributed by atoms with van der Waals surface area (Å²) in [5.41, 5.74) is 7.18. The molecule has 114 valence electrons. The van der Waals surface area contributed by atoms with Gasteiger partial charge in [-0.1, -0.05) is 30.5 Å². The Morgan fingerprint density at radius 1 is 1.25 bits per heavy atom. The summed E-state index contributed by atoms with van der Waals surface area (Å²) in [6.45, 7) is 4.14. The molecule has 0 heterocycles. The van der Waals surface area contributed by atoms with E-state index in [1.54, 1.807) is 6.07 Å². The molecule has 4 nitrogen and oxygen atoms in total. The summed E-state index contributed by atoms with van der Waals surface area (Å²) < 4.78 is 27.9. The van der Waals surface area contributed by atoms with Crippen molar-refractivity contribution in [1.29, 1.82) is 0 Å². The standard InChI is InChI=1S/C14H22N2O2S.ClH/c1-11-5-6-13(12(2)9-11)19(17,18)16-14(10-15)7-3-4-8-14;/h5-6,9,16H,3-4,7-8,10,15H2,1-2H3;1H. The van der Waals surface area contributed by atoms with Crippen LogP contribution in [0.15, 0.2) is 23.1 Å². The molecule has 0 saturated heterocycles. The lowest BCUT2D eigenvalue weighted by molar-refractivity contribution is 0.399. The maximum atomic E-state index is 12.5. The zero-order valence-electron chi connectivity index (χ0n) is 12.0. The molecule has 1 saturated carbocycles. The molecule has 1 aromatic rings. The average Bonchev–Trinajstić information content (AvgIpc) is 2.77. The largest absolute Gasteiger partial charge is 0.329 e. The molecule has 2 rings (SSSR count). The number of hydrogen-bond acceptors (Lipinski definition) is 3. The number of halogens is 1. The Morgan fingerprint density at radius 2 is 1.85 bits per heavy atom. The molecule has 3 N–H and O–H groups in total. The van der Waals surface area contributed by atoms with E-state index in [2.05, 4.69) is 4.72 Å². The summed E-state index contributed by atoms with van der Waals surface area (Å²) in [5, 5.41) is 0. The van der Waals surface area contributed by atoms with Gasteiger partial charge in [0.1, 0.15) is 0 Å². The molecule has 0 unspecified atom stereocenters. The Balaban J connectivity index is 0.00000200. The van der Waals surface area contributed by atoms with Gasteiger partial charge < -0.3 is 5.73 Å². The predicted molar refractivity (Wildman–Crippen MR) is 83.7 cm³/mol. The van der Waals surface area contributed by atoms with Gasteiger partial charge in [-0.15, -0.1) is 12.4 Å². The molecule has 0 radical (unpaired) electrons. The highest BCUT2D eigenvalue weighted by atomic mass is 35.5. The lowest BCUT2D eigenvalue weighted by atomic mass is 10.0. The Bertz CT molecular complexity index is 567. The zero-order chi connectivity index (χ0) is 14.1. The first-order valence-corrected chi connectivity index (χ1v) is 8.18. The van der Waals surface area contributed by atoms with Crippen LogP contribution in [0.25, 0.3) is 0 Å². The minimum atomic E-state index is -3.49. The monoisotopic (exact) mass is 318 g/mol. The lowest BCUT2D eigenvalue weighted by Gasteiger charge is -2.28. The van der Waals surface area contributed by atoms with Gasteiger partial charge in [0.25, 0.3) is 0 Å². The summed E-state index contributed by atoms with van der Waals surface area (Å²) >= 11 is 0. The topological polar surface area (TPSA) is 72.2 Å². The number of benzene rings is 1. The highest BCUT2D eigenvalue weighted by Crippen LogP contribution is 2.30. The molecule has 0 bridgehead atoms. The van der Waals surface area contributed by atoms with Crippen molar-refractivity contribution in [2.45, 2.75) is 50.0 Å². The molecule has 0 spiro atoms. The van der Waals surface area contributed by atoms with Crippen LogP contribution in [0, 0.1) is 13.8 Å². The third-order valence-electron chi connectivity index (χ3n) is 3.92. The van der Waals surface area contributed by atoms with Crippen LogP contribution < -0.4 is 10.5 Å². The maximum absolute atomic E-state index is 12.5. The van der Waals surface area contributed by atoms with E-state index in [4.69, 9.17) is 5.73 Å². The summed E-state index contributed by atoms with van der Waals surface area (Å²) in [5.74, 6) is 0. The van der Waals surface area contributed by atoms with Crippen LogP contribution in [0.5, 0.6) is 0 Å². The Hall–Kier alpha value is -0.620. The van der Waals surface area contributed by atoms with Gasteiger partial charge >= 0.3 is 0 Å². The number of nitrogens with two attached hydrogens (primary N) is 1. The van der Waals surface area contributed by atoms with Crippen LogP contribution in [0.3, 0.4) is 0 Å². The van der Waals surface area contributed by atoms with Gasteiger partial charge in [0.05, 0.1) is 4.90 Å². The van der Waals surface area contributed by atoms with Crippen molar-refractivity contribution in [3.05, 3.63) is 29.3 Å². The van der Waals surface area contributed by atoms with Gasteiger partial charge in [0.2, 0.25) is 10.0 Å². The van der Waals surface area contributed by atoms with Gasteiger partial charge in [0.15, 0.2) is 0 Å². The Kier molecular flexibility index (Phi) is 5.61. The molecule has 1 aromatic carbocycles. The minimum absolute atomic E-state index is 0. The fourth-order valence-electron chi connectivity index (χ4n) is 2.84. The lowest BCUT2D eigenvalue weighted by Crippen LogP contribution is -2.51. The maximum Gasteiger partial charge on any atom is 0.241 e. The van der Waals surface area contributed by atoms with Crippen LogP contribution in [0.4, 0.5) is 0 Å². The second-order valence-electron chi connectivity index (χ2n) is 5.57. The molecule has 0 amide bonds. The number of aryl methyl sites for hydroxylation is 2. The zero-order valence-corrected chi connectivity index (χ0v) is 13.6. The second kappa shape index (κ2) is 6.43. The van der Waals surface area contributed by atoms with Crippen molar-refractivity contribution < 1.29 is 8.42 Å². The van der Waals surface area contributed by atoms with E-state index in [0.29, 0.717) is 11.4 Å². The average molecular weight is 319 g/mol. The molecule has 1 fully saturated rings. The third-order valence-corrected chi connectivity index (χ3v) is 5.66. The molecule has 0 aromatic heterocycles. The molecule has 20 heavy (non-hydrogen) atoms. The van der Waals surface area contributed by atoms with Crippen molar-refractivity contribution in [3.63, 3.8) is 0 Å². The van der Waals surface area contributed by atoms with Gasteiger partial charge in [0, 0.05) is 12.1 Å². The number of nitrogens with one attached hydrogen (secondary N) is 1. The predicted octanol–water partition coefficient (Wildman–Crippen LogP) is 2.28. The molecule has 1 aliphatic rings. The van der Waals surface area contributed by atoms with Crippen molar-refractivity contribution in [2.75, 3.05) is 6.54 Å². The molecule has 1 aliphatic carbocycles. The first-order valence-electron chi connectivity index (χ1n) is 6.70. The van der Waals surface area contributed by atoms with Crippen molar-refractivity contribution in [3.8, 4) is 0 Å². The number of hydrogen-bond donors (Lipinski definition) is 2. The third kappa shape index (κ3) is 3.52. The van der Waals surface area contributed by atoms with Crippen molar-refractivity contribution >= 4 is 22.4 Å². The first kappa shape index (κ1) is 17.4. The second-order valence-corrected chi connectivity index (χ2v) is 7.22. The fourth-order valence-corrected chi connectivity index (χ4v) is 4.54. The van der Waals surface area contributed by atoms with Crippen molar-refractivity contribution in [2.24, 2.45) is 5.73 Å². The molecular formula is C14H23ClN2O2S. The summed E-state index contributed by atoms with van der Waals surface area (Å²) in [6.07, 6.45) is 3.72. The smallest absolute Gasteiger partial charge is 0.241 e. The van der Waals surface area contributed by atoms with Crippen LogP contribution in [0.1, 0.15) is 36.8 Å². The van der Waals surface area contributed by atoms with Gasteiger partial charge in [-0.25, -0.2) is 13.1 Å². The van der Waals surface area contributed by atoms with Gasteiger partial charge in [-0.2, -0.15) is 0 Å². The fraction of sp³-hybridized carbons (Fsp3) is 0.571. The normalized spacial score (nSPS) is 17.8. The SMILES string of the molecule is Cc1ccc(S(=O)(=O)NC2(CN)CCCC2)c(C)c1.Cl. The number of rotatable bonds is 4. The molecular weight excluding hydrogens is 296 g/mol. The van der Waals surface area contributed by atoms with E-state index in [-0.39, 0.29) is 12.4 Å². The van der Waals surface area contributed by atoms with Gasteiger partial charge in [-0.3, -0.25) is 0 Å². The minimum Gasteiger partial charge on any atom is -0.329 e. The van der Waals surface area contributed by atoms with E-state index in [9.17, 15) is 8.42 Å². The Morgan fingerprint density at radius 3 is 2.35 bits per heavy atom. The van der Waals surface area contributed by atoms with Crippen molar-refractivity contribution in [1.82, 2.24) is 4.72 Å². The van der Waals surface area contributed by atoms with E-state index < -0.39 is 15.6 Å². The summed E-state index contributed by atoms with van der Waals surface area (Å²) in [7, 11) is -3.49. The quantitative estimate of drug-likeness (QED) is 0.894. The molecule has 0 atom stereocenters. The van der Waals surface area contributed by atoms with Crippen LogP contribution in [-0.2, 0) is 10.0 Å². The van der Waals surface area contributed by atoms with E-state index >= 15 is 0 Å². The molecule has 6 heteroatoms. The van der Waals surface area contributed by atoms with E-state index in [1.165, 1.54) is 0 Å². The van der Waals surface area contributed by atoms with Gasteiger partial charge in [-0.05, 0) is 38.3 Å². The van der Waals surface area contributed by atoms with Crippen LogP contribution in [-0.4, -0.2) is 20.5 Å². The van der Waals surface area contributed by atoms with E-state index in [0.717, 1.165) is 36.8 Å². The van der Waals surface area contributed by atoms with E-state index in [1.807, 2.05) is 26.0 Å². The van der Waals surface area contributed by atoms with Crippen LogP contribution in [0.2, 0.25) is 0 Å². The first-order chi connectivity index (χ1) is 8.88.